The van der Waals surface area contributed by atoms with Gasteiger partial charge in [-0.05, 0) is 41.5 Å². The number of amides is 1. The number of fused-ring (bicyclic) bond motifs is 2. The lowest BCUT2D eigenvalue weighted by Gasteiger charge is -2.18. The number of hydrogen-bond acceptors (Lipinski definition) is 3. The number of carbonyl (C=O) groups is 1. The van der Waals surface area contributed by atoms with Gasteiger partial charge in [0.15, 0.2) is 0 Å². The van der Waals surface area contributed by atoms with Crippen LogP contribution >= 0.6 is 0 Å². The summed E-state index contributed by atoms with van der Waals surface area (Å²) in [7, 11) is 0. The topological polar surface area (TPSA) is 66.1 Å². The van der Waals surface area contributed by atoms with E-state index in [0.717, 1.165) is 16.3 Å². The largest absolute Gasteiger partial charge is 0.332 e. The first-order valence-corrected chi connectivity index (χ1v) is 9.58. The molecule has 29 heavy (non-hydrogen) atoms. The maximum absolute atomic E-state index is 12.8. The minimum Gasteiger partial charge on any atom is -0.332 e. The summed E-state index contributed by atoms with van der Waals surface area (Å²) < 4.78 is 0. The van der Waals surface area contributed by atoms with E-state index in [9.17, 15) is 9.59 Å². The molecule has 0 aliphatic rings. The molecule has 0 aliphatic carbocycles. The molecule has 0 fully saturated rings. The first-order valence-electron chi connectivity index (χ1n) is 9.58. The minimum absolute atomic E-state index is 0.128. The number of rotatable bonds is 5. The molecule has 0 aliphatic heterocycles. The quantitative estimate of drug-likeness (QED) is 0.527. The van der Waals surface area contributed by atoms with Gasteiger partial charge >= 0.3 is 0 Å². The van der Waals surface area contributed by atoms with Crippen molar-refractivity contribution in [2.75, 3.05) is 6.54 Å². The number of para-hydroxylation sites is 1. The van der Waals surface area contributed by atoms with Crippen molar-refractivity contribution in [2.24, 2.45) is 0 Å². The first-order chi connectivity index (χ1) is 14.2. The molecule has 4 aromatic rings. The van der Waals surface area contributed by atoms with Crippen LogP contribution in [0, 0.1) is 0 Å². The Balaban J connectivity index is 1.57. The number of hydrogen-bond donors (Lipinski definition) is 1. The number of likely N-dealkylation sites (N-methyl/N-ethyl adjacent to an activating group) is 1. The van der Waals surface area contributed by atoms with Crippen LogP contribution in [0.25, 0.3) is 27.8 Å². The van der Waals surface area contributed by atoms with Crippen LogP contribution in [0.15, 0.2) is 77.6 Å². The SMILES string of the molecule is CCN(Cc1nc2ccccc2c(=O)[nH]1)C(=O)/C=C/c1cccc2ccccc12. The minimum atomic E-state index is -0.194. The molecule has 1 heterocycles. The predicted octanol–water partition coefficient (Wildman–Crippen LogP) is 4.14. The zero-order chi connectivity index (χ0) is 20.2. The molecule has 0 atom stereocenters. The molecule has 5 heteroatoms. The summed E-state index contributed by atoms with van der Waals surface area (Å²) in [5.74, 6) is 0.346. The summed E-state index contributed by atoms with van der Waals surface area (Å²) in [4.78, 5) is 33.9. The van der Waals surface area contributed by atoms with Gasteiger partial charge in [-0.25, -0.2) is 4.98 Å². The molecule has 0 radical (unpaired) electrons. The van der Waals surface area contributed by atoms with Gasteiger partial charge in [-0.2, -0.15) is 0 Å². The summed E-state index contributed by atoms with van der Waals surface area (Å²) in [5, 5.41) is 2.77. The number of aromatic nitrogens is 2. The molecule has 5 nitrogen and oxygen atoms in total. The van der Waals surface area contributed by atoms with Crippen molar-refractivity contribution in [1.82, 2.24) is 14.9 Å². The van der Waals surface area contributed by atoms with E-state index >= 15 is 0 Å². The molecule has 1 N–H and O–H groups in total. The van der Waals surface area contributed by atoms with Gasteiger partial charge in [0.2, 0.25) is 5.91 Å². The molecule has 0 saturated carbocycles. The molecule has 1 aromatic heterocycles. The lowest BCUT2D eigenvalue weighted by molar-refractivity contribution is -0.126. The van der Waals surface area contributed by atoms with Crippen LogP contribution in [-0.4, -0.2) is 27.3 Å². The lowest BCUT2D eigenvalue weighted by atomic mass is 10.0. The smallest absolute Gasteiger partial charge is 0.258 e. The average molecular weight is 383 g/mol. The normalized spacial score (nSPS) is 11.3. The molecule has 1 amide bonds. The maximum Gasteiger partial charge on any atom is 0.258 e. The molecule has 0 unspecified atom stereocenters. The van der Waals surface area contributed by atoms with E-state index < -0.39 is 0 Å². The number of aromatic amines is 1. The van der Waals surface area contributed by atoms with E-state index in [1.807, 2.05) is 49.4 Å². The van der Waals surface area contributed by atoms with Gasteiger partial charge in [0.1, 0.15) is 5.82 Å². The third-order valence-electron chi connectivity index (χ3n) is 4.92. The van der Waals surface area contributed by atoms with Gasteiger partial charge in [-0.1, -0.05) is 54.6 Å². The van der Waals surface area contributed by atoms with Crippen LogP contribution in [-0.2, 0) is 11.3 Å². The number of nitrogens with one attached hydrogen (secondary N) is 1. The summed E-state index contributed by atoms with van der Waals surface area (Å²) in [5.41, 5.74) is 1.42. The van der Waals surface area contributed by atoms with E-state index in [1.54, 1.807) is 29.2 Å². The fourth-order valence-electron chi connectivity index (χ4n) is 3.40. The highest BCUT2D eigenvalue weighted by atomic mass is 16.2. The van der Waals surface area contributed by atoms with E-state index in [-0.39, 0.29) is 18.0 Å². The number of H-pyrrole nitrogens is 1. The van der Waals surface area contributed by atoms with Crippen LogP contribution in [0.2, 0.25) is 0 Å². The Kier molecular flexibility index (Phi) is 5.20. The predicted molar refractivity (Wildman–Crippen MR) is 116 cm³/mol. The highest BCUT2D eigenvalue weighted by Gasteiger charge is 2.12. The van der Waals surface area contributed by atoms with Gasteiger partial charge in [0.05, 0.1) is 17.4 Å². The van der Waals surface area contributed by atoms with E-state index in [4.69, 9.17) is 0 Å². The Morgan fingerprint density at radius 3 is 2.55 bits per heavy atom. The zero-order valence-corrected chi connectivity index (χ0v) is 16.1. The molecule has 0 saturated heterocycles. The van der Waals surface area contributed by atoms with Gasteiger partial charge in [0.25, 0.3) is 5.56 Å². The molecule has 0 spiro atoms. The van der Waals surface area contributed by atoms with Crippen molar-refractivity contribution in [3.05, 3.63) is 94.5 Å². The Morgan fingerprint density at radius 2 is 1.72 bits per heavy atom. The monoisotopic (exact) mass is 383 g/mol. The third-order valence-corrected chi connectivity index (χ3v) is 4.92. The highest BCUT2D eigenvalue weighted by molar-refractivity contribution is 5.96. The second-order valence-electron chi connectivity index (χ2n) is 6.78. The second-order valence-corrected chi connectivity index (χ2v) is 6.78. The molecular formula is C24H21N3O2. The van der Waals surface area contributed by atoms with Crippen molar-refractivity contribution < 1.29 is 4.79 Å². The summed E-state index contributed by atoms with van der Waals surface area (Å²) in [6.07, 6.45) is 3.41. The van der Waals surface area contributed by atoms with E-state index in [2.05, 4.69) is 22.1 Å². The van der Waals surface area contributed by atoms with Crippen molar-refractivity contribution in [1.29, 1.82) is 0 Å². The Morgan fingerprint density at radius 1 is 1.00 bits per heavy atom. The van der Waals surface area contributed by atoms with Gasteiger partial charge in [-0.15, -0.1) is 0 Å². The van der Waals surface area contributed by atoms with Gasteiger partial charge in [-0.3, -0.25) is 9.59 Å². The Hall–Kier alpha value is -3.73. The fourth-order valence-corrected chi connectivity index (χ4v) is 3.40. The van der Waals surface area contributed by atoms with Crippen LogP contribution in [0.5, 0.6) is 0 Å². The average Bonchev–Trinajstić information content (AvgIpc) is 2.76. The van der Waals surface area contributed by atoms with Crippen molar-refractivity contribution >= 4 is 33.7 Å². The van der Waals surface area contributed by atoms with Crippen LogP contribution in [0.1, 0.15) is 18.3 Å². The first kappa shape index (κ1) is 18.6. The van der Waals surface area contributed by atoms with Crippen molar-refractivity contribution in [3.63, 3.8) is 0 Å². The van der Waals surface area contributed by atoms with Crippen molar-refractivity contribution in [2.45, 2.75) is 13.5 Å². The van der Waals surface area contributed by atoms with E-state index in [1.165, 1.54) is 0 Å². The Labute approximate surface area is 168 Å². The fraction of sp³-hybridized carbons (Fsp3) is 0.125. The summed E-state index contributed by atoms with van der Waals surface area (Å²) >= 11 is 0. The molecule has 3 aromatic carbocycles. The maximum atomic E-state index is 12.8. The molecule has 144 valence electrons. The van der Waals surface area contributed by atoms with Crippen LogP contribution in [0.4, 0.5) is 0 Å². The lowest BCUT2D eigenvalue weighted by Crippen LogP contribution is -2.30. The number of carbonyl (C=O) groups excluding carboxylic acids is 1. The second kappa shape index (κ2) is 8.10. The standard InChI is InChI=1S/C24H21N3O2/c1-2-27(16-22-25-21-13-6-5-12-20(21)24(29)26-22)23(28)15-14-18-10-7-9-17-8-3-4-11-19(17)18/h3-15H,2,16H2,1H3,(H,25,26,29)/b15-14+. The highest BCUT2D eigenvalue weighted by Crippen LogP contribution is 2.19. The van der Waals surface area contributed by atoms with Crippen LogP contribution in [0.3, 0.4) is 0 Å². The molecular weight excluding hydrogens is 362 g/mol. The van der Waals surface area contributed by atoms with Crippen molar-refractivity contribution in [3.8, 4) is 0 Å². The summed E-state index contributed by atoms with van der Waals surface area (Å²) in [6, 6.07) is 21.3. The van der Waals surface area contributed by atoms with Gasteiger partial charge in [0, 0.05) is 12.6 Å². The summed E-state index contributed by atoms with van der Waals surface area (Å²) in [6.45, 7) is 2.66. The molecule has 4 rings (SSSR count). The Bertz CT molecular complexity index is 1270. The number of benzene rings is 3. The molecule has 0 bridgehead atoms. The third kappa shape index (κ3) is 3.94. The van der Waals surface area contributed by atoms with Gasteiger partial charge < -0.3 is 9.88 Å². The van der Waals surface area contributed by atoms with Crippen LogP contribution < -0.4 is 5.56 Å². The number of nitrogens with zero attached hydrogens (tertiary/aromatic N) is 2. The zero-order valence-electron chi connectivity index (χ0n) is 16.1. The van der Waals surface area contributed by atoms with E-state index in [0.29, 0.717) is 23.3 Å².